The van der Waals surface area contributed by atoms with Crippen LogP contribution in [0.15, 0.2) is 52.1 Å². The van der Waals surface area contributed by atoms with E-state index >= 15 is 0 Å². The molecule has 2 rings (SSSR count). The number of aliphatic imine (C=N–C) groups is 1. The maximum atomic E-state index is 12.1. The number of hydrogen-bond acceptors (Lipinski definition) is 4. The summed E-state index contributed by atoms with van der Waals surface area (Å²) in [6.07, 6.45) is 1.47. The first kappa shape index (κ1) is 24.0. The molecule has 0 spiro atoms. The summed E-state index contributed by atoms with van der Waals surface area (Å²) >= 11 is 0. The van der Waals surface area contributed by atoms with E-state index in [0.717, 1.165) is 12.1 Å². The van der Waals surface area contributed by atoms with Crippen LogP contribution < -0.4 is 16.0 Å². The second-order valence-corrected chi connectivity index (χ2v) is 6.64. The highest BCUT2D eigenvalue weighted by Gasteiger charge is 2.16. The second-order valence-electron chi connectivity index (χ2n) is 6.64. The number of ether oxygens (including phenoxy) is 1. The number of amides is 1. The smallest absolute Gasteiger partial charge is 0.291 e. The van der Waals surface area contributed by atoms with Crippen LogP contribution in [0.1, 0.15) is 36.9 Å². The second kappa shape index (κ2) is 11.7. The van der Waals surface area contributed by atoms with E-state index in [1.54, 1.807) is 19.2 Å². The predicted molar refractivity (Wildman–Crippen MR) is 122 cm³/mol. The van der Waals surface area contributed by atoms with Gasteiger partial charge in [0.25, 0.3) is 5.91 Å². The Hall–Kier alpha value is -2.07. The minimum atomic E-state index is -0.285. The van der Waals surface area contributed by atoms with Crippen LogP contribution in [-0.4, -0.2) is 37.7 Å². The Morgan fingerprint density at radius 2 is 2.00 bits per heavy atom. The van der Waals surface area contributed by atoms with Gasteiger partial charge >= 0.3 is 0 Å². The van der Waals surface area contributed by atoms with Crippen molar-refractivity contribution < 1.29 is 13.9 Å². The first-order valence-corrected chi connectivity index (χ1v) is 8.94. The van der Waals surface area contributed by atoms with Crippen molar-refractivity contribution in [1.29, 1.82) is 0 Å². The van der Waals surface area contributed by atoms with Crippen molar-refractivity contribution >= 4 is 41.5 Å². The summed E-state index contributed by atoms with van der Waals surface area (Å²) in [5.74, 6) is 0.711. The molecule has 0 saturated heterocycles. The molecule has 1 heterocycles. The number of anilines is 1. The Morgan fingerprint density at radius 3 is 2.64 bits per heavy atom. The van der Waals surface area contributed by atoms with Crippen LogP contribution >= 0.6 is 24.0 Å². The van der Waals surface area contributed by atoms with Gasteiger partial charge in [-0.25, -0.2) is 4.99 Å². The zero-order chi connectivity index (χ0) is 19.7. The molecule has 0 fully saturated rings. The number of nitrogens with one attached hydrogen (secondary N) is 3. The summed E-state index contributed by atoms with van der Waals surface area (Å²) < 4.78 is 10.5. The molecular formula is C20H29IN4O3. The van der Waals surface area contributed by atoms with Gasteiger partial charge in [0.15, 0.2) is 11.7 Å². The standard InChI is InChI=1S/C20H28N4O3.HI/c1-5-21-19(23-14-20(2,3)26-4)22-13-15-8-6-9-16(12-15)24-18(25)17-10-7-11-27-17;/h6-12H,5,13-14H2,1-4H3,(H,24,25)(H2,21,22,23);1H. The molecule has 3 N–H and O–H groups in total. The molecule has 1 aromatic heterocycles. The molecular weight excluding hydrogens is 471 g/mol. The number of nitrogens with zero attached hydrogens (tertiary/aromatic N) is 1. The van der Waals surface area contributed by atoms with Crippen molar-refractivity contribution in [3.63, 3.8) is 0 Å². The van der Waals surface area contributed by atoms with E-state index in [-0.39, 0.29) is 41.2 Å². The molecule has 28 heavy (non-hydrogen) atoms. The number of hydrogen-bond donors (Lipinski definition) is 3. The molecule has 0 aliphatic heterocycles. The number of rotatable bonds is 8. The molecule has 154 valence electrons. The van der Waals surface area contributed by atoms with Crippen LogP contribution in [0.25, 0.3) is 0 Å². The highest BCUT2D eigenvalue weighted by molar-refractivity contribution is 14.0. The molecule has 0 aliphatic rings. The van der Waals surface area contributed by atoms with E-state index in [4.69, 9.17) is 9.15 Å². The summed E-state index contributed by atoms with van der Waals surface area (Å²) in [5, 5.41) is 9.32. The Kier molecular flexibility index (Phi) is 10.0. The van der Waals surface area contributed by atoms with Crippen molar-refractivity contribution in [2.75, 3.05) is 25.5 Å². The first-order chi connectivity index (χ1) is 12.9. The molecule has 0 aliphatic carbocycles. The molecule has 8 heteroatoms. The van der Waals surface area contributed by atoms with E-state index < -0.39 is 0 Å². The van der Waals surface area contributed by atoms with Crippen LogP contribution in [0.5, 0.6) is 0 Å². The third-order valence-corrected chi connectivity index (χ3v) is 3.93. The van der Waals surface area contributed by atoms with Crippen LogP contribution in [0.4, 0.5) is 5.69 Å². The maximum absolute atomic E-state index is 12.1. The lowest BCUT2D eigenvalue weighted by atomic mass is 10.1. The fraction of sp³-hybridized carbons (Fsp3) is 0.400. The van der Waals surface area contributed by atoms with Gasteiger partial charge in [-0.1, -0.05) is 12.1 Å². The van der Waals surface area contributed by atoms with Crippen molar-refractivity contribution in [2.24, 2.45) is 4.99 Å². The zero-order valence-electron chi connectivity index (χ0n) is 16.7. The highest BCUT2D eigenvalue weighted by Crippen LogP contribution is 2.13. The van der Waals surface area contributed by atoms with Crippen molar-refractivity contribution in [3.05, 3.63) is 54.0 Å². The number of halogens is 1. The average Bonchev–Trinajstić information content (AvgIpc) is 3.19. The normalized spacial score (nSPS) is 11.5. The molecule has 1 aromatic carbocycles. The van der Waals surface area contributed by atoms with Gasteiger partial charge in [0.1, 0.15) is 0 Å². The molecule has 7 nitrogen and oxygen atoms in total. The summed E-state index contributed by atoms with van der Waals surface area (Å²) in [7, 11) is 1.69. The average molecular weight is 500 g/mol. The fourth-order valence-corrected chi connectivity index (χ4v) is 2.23. The van der Waals surface area contributed by atoms with Crippen molar-refractivity contribution in [1.82, 2.24) is 10.6 Å². The van der Waals surface area contributed by atoms with Crippen molar-refractivity contribution in [3.8, 4) is 0 Å². The lowest BCUT2D eigenvalue weighted by Crippen LogP contribution is -2.45. The predicted octanol–water partition coefficient (Wildman–Crippen LogP) is 3.63. The first-order valence-electron chi connectivity index (χ1n) is 8.94. The summed E-state index contributed by atoms with van der Waals surface area (Å²) in [4.78, 5) is 16.7. The lowest BCUT2D eigenvalue weighted by molar-refractivity contribution is 0.0268. The highest BCUT2D eigenvalue weighted by atomic mass is 127. The third-order valence-electron chi connectivity index (χ3n) is 3.93. The number of guanidine groups is 1. The monoisotopic (exact) mass is 500 g/mol. The Bertz CT molecular complexity index is 761. The number of carbonyl (C=O) groups excluding carboxylic acids is 1. The van der Waals surface area contributed by atoms with Crippen LogP contribution in [-0.2, 0) is 11.3 Å². The minimum Gasteiger partial charge on any atom is -0.459 e. The largest absolute Gasteiger partial charge is 0.459 e. The van der Waals surface area contributed by atoms with E-state index in [0.29, 0.717) is 24.7 Å². The maximum Gasteiger partial charge on any atom is 0.291 e. The van der Waals surface area contributed by atoms with E-state index in [9.17, 15) is 4.79 Å². The molecule has 0 atom stereocenters. The summed E-state index contributed by atoms with van der Waals surface area (Å²) in [6, 6.07) is 10.9. The third kappa shape index (κ3) is 7.89. The van der Waals surface area contributed by atoms with Gasteiger partial charge in [0.05, 0.1) is 18.4 Å². The van der Waals surface area contributed by atoms with Crippen LogP contribution in [0.3, 0.4) is 0 Å². The number of benzene rings is 1. The van der Waals surface area contributed by atoms with E-state index in [1.165, 1.54) is 6.26 Å². The van der Waals surface area contributed by atoms with Gasteiger partial charge in [0.2, 0.25) is 0 Å². The topological polar surface area (TPSA) is 87.9 Å². The van der Waals surface area contributed by atoms with E-state index in [1.807, 2.05) is 45.0 Å². The molecule has 2 aromatic rings. The summed E-state index contributed by atoms with van der Waals surface area (Å²) in [5.41, 5.74) is 1.39. The molecule has 0 bridgehead atoms. The molecule has 1 amide bonds. The fourth-order valence-electron chi connectivity index (χ4n) is 2.23. The molecule has 0 unspecified atom stereocenters. The Morgan fingerprint density at radius 1 is 1.21 bits per heavy atom. The summed E-state index contributed by atoms with van der Waals surface area (Å²) in [6.45, 7) is 7.91. The van der Waals surface area contributed by atoms with Crippen LogP contribution in [0.2, 0.25) is 0 Å². The van der Waals surface area contributed by atoms with Gasteiger partial charge in [-0.3, -0.25) is 4.79 Å². The van der Waals surface area contributed by atoms with Gasteiger partial charge in [-0.05, 0) is 50.6 Å². The number of furan rings is 1. The quantitative estimate of drug-likeness (QED) is 0.293. The van der Waals surface area contributed by atoms with Crippen molar-refractivity contribution in [2.45, 2.75) is 32.9 Å². The molecule has 0 radical (unpaired) electrons. The lowest BCUT2D eigenvalue weighted by Gasteiger charge is -2.24. The number of methoxy groups -OCH3 is 1. The Balaban J connectivity index is 0.00000392. The van der Waals surface area contributed by atoms with Gasteiger partial charge in [-0.2, -0.15) is 0 Å². The van der Waals surface area contributed by atoms with Gasteiger partial charge in [-0.15, -0.1) is 24.0 Å². The van der Waals surface area contributed by atoms with Gasteiger partial charge < -0.3 is 25.1 Å². The zero-order valence-corrected chi connectivity index (χ0v) is 19.1. The van der Waals surface area contributed by atoms with Crippen LogP contribution in [0, 0.1) is 0 Å². The minimum absolute atomic E-state index is 0. The number of carbonyl (C=O) groups is 1. The van der Waals surface area contributed by atoms with E-state index in [2.05, 4.69) is 20.9 Å². The molecule has 0 saturated carbocycles. The van der Waals surface area contributed by atoms with Gasteiger partial charge in [0, 0.05) is 25.9 Å². The Labute approximate surface area is 183 Å². The SMILES string of the molecule is CCNC(=NCc1cccc(NC(=O)c2ccco2)c1)NCC(C)(C)OC.I.